The minimum absolute atomic E-state index is 0.173. The Kier molecular flexibility index (Phi) is 5.10. The van der Waals surface area contributed by atoms with Crippen molar-refractivity contribution in [1.29, 1.82) is 0 Å². The number of rotatable bonds is 6. The SMILES string of the molecule is O=C1NC(=O)C(CCCCOc2ccc(Cl)cc2)S1. The molecule has 6 heteroatoms. The highest BCUT2D eigenvalue weighted by Crippen LogP contribution is 2.23. The number of carbonyl (C=O) groups is 2. The topological polar surface area (TPSA) is 55.4 Å². The lowest BCUT2D eigenvalue weighted by molar-refractivity contribution is -0.119. The van der Waals surface area contributed by atoms with Crippen LogP contribution in [0.25, 0.3) is 0 Å². The van der Waals surface area contributed by atoms with Crippen LogP contribution >= 0.6 is 23.4 Å². The van der Waals surface area contributed by atoms with Gasteiger partial charge in [-0.1, -0.05) is 23.4 Å². The molecule has 1 unspecified atom stereocenters. The molecular weight excluding hydrogens is 286 g/mol. The molecule has 0 radical (unpaired) electrons. The van der Waals surface area contributed by atoms with Crippen molar-refractivity contribution in [3.8, 4) is 5.75 Å². The second-order valence-corrected chi connectivity index (χ2v) is 5.79. The minimum Gasteiger partial charge on any atom is -0.494 e. The summed E-state index contributed by atoms with van der Waals surface area (Å²) >= 11 is 6.84. The standard InChI is InChI=1S/C13H14ClNO3S/c14-9-4-6-10(7-5-9)18-8-2-1-3-11-12(16)15-13(17)19-11/h4-7,11H,1-3,8H2,(H,15,16,17). The summed E-state index contributed by atoms with van der Waals surface area (Å²) < 4.78 is 5.54. The van der Waals surface area contributed by atoms with E-state index in [2.05, 4.69) is 5.32 Å². The highest BCUT2D eigenvalue weighted by atomic mass is 35.5. The average Bonchev–Trinajstić information content (AvgIpc) is 2.70. The van der Waals surface area contributed by atoms with E-state index >= 15 is 0 Å². The van der Waals surface area contributed by atoms with E-state index in [9.17, 15) is 9.59 Å². The van der Waals surface area contributed by atoms with E-state index in [4.69, 9.17) is 16.3 Å². The molecule has 2 amide bonds. The highest BCUT2D eigenvalue weighted by molar-refractivity contribution is 8.15. The molecule has 1 fully saturated rings. The van der Waals surface area contributed by atoms with Crippen LogP contribution in [-0.2, 0) is 4.79 Å². The minimum atomic E-state index is -0.243. The van der Waals surface area contributed by atoms with Gasteiger partial charge in [-0.15, -0.1) is 0 Å². The number of imide groups is 1. The van der Waals surface area contributed by atoms with Gasteiger partial charge in [0.25, 0.3) is 5.24 Å². The van der Waals surface area contributed by atoms with Crippen molar-refractivity contribution >= 4 is 34.5 Å². The Balaban J connectivity index is 1.61. The Morgan fingerprint density at radius 1 is 1.21 bits per heavy atom. The summed E-state index contributed by atoms with van der Waals surface area (Å²) in [4.78, 5) is 22.3. The molecule has 2 rings (SSSR count). The fourth-order valence-electron chi connectivity index (χ4n) is 1.74. The number of thioether (sulfide) groups is 1. The van der Waals surface area contributed by atoms with E-state index in [0.29, 0.717) is 18.1 Å². The molecule has 0 saturated carbocycles. The van der Waals surface area contributed by atoms with E-state index in [1.54, 1.807) is 12.1 Å². The summed E-state index contributed by atoms with van der Waals surface area (Å²) in [5.74, 6) is 0.612. The summed E-state index contributed by atoms with van der Waals surface area (Å²) in [6.45, 7) is 0.592. The summed E-state index contributed by atoms with van der Waals surface area (Å²) in [6, 6.07) is 7.20. The van der Waals surface area contributed by atoms with E-state index < -0.39 is 0 Å². The van der Waals surface area contributed by atoms with Crippen molar-refractivity contribution in [2.24, 2.45) is 0 Å². The van der Waals surface area contributed by atoms with Crippen LogP contribution in [-0.4, -0.2) is 23.0 Å². The van der Waals surface area contributed by atoms with Gasteiger partial charge in [-0.05, 0) is 43.5 Å². The van der Waals surface area contributed by atoms with Crippen LogP contribution < -0.4 is 10.1 Å². The number of amides is 2. The molecule has 19 heavy (non-hydrogen) atoms. The predicted molar refractivity (Wildman–Crippen MR) is 75.7 cm³/mol. The second-order valence-electron chi connectivity index (χ2n) is 4.18. The molecule has 1 atom stereocenters. The van der Waals surface area contributed by atoms with Crippen LogP contribution in [0.2, 0.25) is 5.02 Å². The maximum Gasteiger partial charge on any atom is 0.286 e. The molecule has 0 aliphatic carbocycles. The zero-order valence-corrected chi connectivity index (χ0v) is 11.8. The lowest BCUT2D eigenvalue weighted by Crippen LogP contribution is -2.24. The molecule has 102 valence electrons. The smallest absolute Gasteiger partial charge is 0.286 e. The quantitative estimate of drug-likeness (QED) is 0.819. The molecule has 0 bridgehead atoms. The number of nitrogens with one attached hydrogen (secondary N) is 1. The number of hydrogen-bond donors (Lipinski definition) is 1. The van der Waals surface area contributed by atoms with Crippen LogP contribution in [0.5, 0.6) is 5.75 Å². The Morgan fingerprint density at radius 3 is 2.58 bits per heavy atom. The van der Waals surface area contributed by atoms with Gasteiger partial charge in [0.2, 0.25) is 5.91 Å². The molecule has 1 saturated heterocycles. The lowest BCUT2D eigenvalue weighted by atomic mass is 10.2. The fraction of sp³-hybridized carbons (Fsp3) is 0.385. The van der Waals surface area contributed by atoms with Crippen LogP contribution in [0.15, 0.2) is 24.3 Å². The average molecular weight is 300 g/mol. The van der Waals surface area contributed by atoms with Gasteiger partial charge in [-0.25, -0.2) is 0 Å². The largest absolute Gasteiger partial charge is 0.494 e. The van der Waals surface area contributed by atoms with Gasteiger partial charge in [0, 0.05) is 5.02 Å². The van der Waals surface area contributed by atoms with Crippen molar-refractivity contribution < 1.29 is 14.3 Å². The van der Waals surface area contributed by atoms with Crippen molar-refractivity contribution in [1.82, 2.24) is 5.32 Å². The molecular formula is C13H14ClNO3S. The normalized spacial score (nSPS) is 18.5. The first-order valence-electron chi connectivity index (χ1n) is 6.05. The number of ether oxygens (including phenoxy) is 1. The third kappa shape index (κ3) is 4.44. The highest BCUT2D eigenvalue weighted by Gasteiger charge is 2.30. The number of carbonyl (C=O) groups excluding carboxylic acids is 2. The first kappa shape index (κ1) is 14.2. The van der Waals surface area contributed by atoms with Gasteiger partial charge >= 0.3 is 0 Å². The first-order valence-corrected chi connectivity index (χ1v) is 7.31. The number of benzene rings is 1. The molecule has 0 aromatic heterocycles. The summed E-state index contributed by atoms with van der Waals surface area (Å²) in [6.07, 6.45) is 2.40. The third-order valence-electron chi connectivity index (χ3n) is 2.71. The summed E-state index contributed by atoms with van der Waals surface area (Å²) in [7, 11) is 0. The number of hydrogen-bond acceptors (Lipinski definition) is 4. The summed E-state index contributed by atoms with van der Waals surface area (Å²) in [5, 5.41) is 2.49. The maximum absolute atomic E-state index is 11.3. The zero-order valence-electron chi connectivity index (χ0n) is 10.2. The van der Waals surface area contributed by atoms with E-state index in [1.165, 1.54) is 0 Å². The van der Waals surface area contributed by atoms with Crippen LogP contribution in [0.1, 0.15) is 19.3 Å². The van der Waals surface area contributed by atoms with E-state index in [1.807, 2.05) is 12.1 Å². The molecule has 1 aliphatic heterocycles. The van der Waals surface area contributed by atoms with Crippen LogP contribution in [0, 0.1) is 0 Å². The molecule has 4 nitrogen and oxygen atoms in total. The van der Waals surface area contributed by atoms with Gasteiger partial charge in [0.1, 0.15) is 5.75 Å². The van der Waals surface area contributed by atoms with Crippen molar-refractivity contribution in [3.05, 3.63) is 29.3 Å². The van der Waals surface area contributed by atoms with Gasteiger partial charge < -0.3 is 4.74 Å². The third-order valence-corrected chi connectivity index (χ3v) is 4.01. The van der Waals surface area contributed by atoms with E-state index in [0.717, 1.165) is 30.4 Å². The van der Waals surface area contributed by atoms with Crippen molar-refractivity contribution in [3.63, 3.8) is 0 Å². The molecule has 1 aromatic carbocycles. The first-order chi connectivity index (χ1) is 9.15. The van der Waals surface area contributed by atoms with Crippen LogP contribution in [0.4, 0.5) is 4.79 Å². The van der Waals surface area contributed by atoms with Gasteiger partial charge in [-0.3, -0.25) is 14.9 Å². The van der Waals surface area contributed by atoms with E-state index in [-0.39, 0.29) is 16.4 Å². The number of unbranched alkanes of at least 4 members (excludes halogenated alkanes) is 1. The summed E-state index contributed by atoms with van der Waals surface area (Å²) in [5.41, 5.74) is 0. The van der Waals surface area contributed by atoms with Gasteiger partial charge in [0.05, 0.1) is 11.9 Å². The Bertz CT molecular complexity index is 463. The Hall–Kier alpha value is -1.20. The van der Waals surface area contributed by atoms with Gasteiger partial charge in [0.15, 0.2) is 0 Å². The van der Waals surface area contributed by atoms with Gasteiger partial charge in [-0.2, -0.15) is 0 Å². The predicted octanol–water partition coefficient (Wildman–Crippen LogP) is 3.24. The molecule has 0 spiro atoms. The van der Waals surface area contributed by atoms with Crippen molar-refractivity contribution in [2.75, 3.05) is 6.61 Å². The van der Waals surface area contributed by atoms with Crippen molar-refractivity contribution in [2.45, 2.75) is 24.5 Å². The Labute approximate surface area is 120 Å². The molecule has 1 aromatic rings. The molecule has 1 N–H and O–H groups in total. The zero-order chi connectivity index (χ0) is 13.7. The molecule has 1 heterocycles. The Morgan fingerprint density at radius 2 is 1.95 bits per heavy atom. The second kappa shape index (κ2) is 6.82. The lowest BCUT2D eigenvalue weighted by Gasteiger charge is -2.07. The maximum atomic E-state index is 11.3. The van der Waals surface area contributed by atoms with Crippen LogP contribution in [0.3, 0.4) is 0 Å². The fourth-order valence-corrected chi connectivity index (χ4v) is 2.73. The molecule has 1 aliphatic rings. The monoisotopic (exact) mass is 299 g/mol. The number of halogens is 1.